The van der Waals surface area contributed by atoms with Gasteiger partial charge in [0, 0.05) is 18.5 Å². The van der Waals surface area contributed by atoms with Crippen molar-refractivity contribution in [1.29, 1.82) is 0 Å². The molecule has 0 atom stereocenters. The molecule has 0 spiro atoms. The van der Waals surface area contributed by atoms with Crippen LogP contribution in [0.4, 0.5) is 0 Å². The van der Waals surface area contributed by atoms with E-state index in [0.29, 0.717) is 11.3 Å². The highest BCUT2D eigenvalue weighted by Gasteiger charge is 2.16. The lowest BCUT2D eigenvalue weighted by Crippen LogP contribution is -2.36. The summed E-state index contributed by atoms with van der Waals surface area (Å²) in [5.74, 6) is 0.795. The average molecular weight is 289 g/mol. The lowest BCUT2D eigenvalue weighted by molar-refractivity contribution is 0.368. The lowest BCUT2D eigenvalue weighted by Gasteiger charge is -2.06. The first-order valence-electron chi connectivity index (χ1n) is 6.56. The molecule has 3 heterocycles. The second kappa shape index (κ2) is 4.72. The normalized spacial score (nSPS) is 11.6. The van der Waals surface area contributed by atoms with Crippen molar-refractivity contribution in [2.24, 2.45) is 7.05 Å². The van der Waals surface area contributed by atoms with Crippen molar-refractivity contribution in [3.05, 3.63) is 44.7 Å². The van der Waals surface area contributed by atoms with Crippen LogP contribution in [-0.2, 0) is 13.6 Å². The van der Waals surface area contributed by atoms with Gasteiger partial charge in [-0.1, -0.05) is 19.0 Å². The molecule has 0 aromatic carbocycles. The minimum absolute atomic E-state index is 0.117. The zero-order valence-electron chi connectivity index (χ0n) is 12.0. The van der Waals surface area contributed by atoms with Gasteiger partial charge >= 0.3 is 5.69 Å². The van der Waals surface area contributed by atoms with E-state index in [4.69, 9.17) is 4.52 Å². The van der Waals surface area contributed by atoms with E-state index in [1.165, 1.54) is 12.5 Å². The Morgan fingerprint density at radius 1 is 1.38 bits per heavy atom. The van der Waals surface area contributed by atoms with E-state index in [0.717, 1.165) is 10.1 Å². The van der Waals surface area contributed by atoms with Crippen LogP contribution in [0.2, 0.25) is 0 Å². The number of nitrogens with zero attached hydrogens (tertiary/aromatic N) is 4. The van der Waals surface area contributed by atoms with Gasteiger partial charge in [0.25, 0.3) is 5.56 Å². The fraction of sp³-hybridized carbons (Fsp3) is 0.385. The van der Waals surface area contributed by atoms with Gasteiger partial charge in [-0.25, -0.2) is 9.78 Å². The summed E-state index contributed by atoms with van der Waals surface area (Å²) in [6.45, 7) is 4.04. The predicted molar refractivity (Wildman–Crippen MR) is 75.3 cm³/mol. The van der Waals surface area contributed by atoms with Crippen LogP contribution in [0.1, 0.15) is 31.1 Å². The highest BCUT2D eigenvalue weighted by molar-refractivity contribution is 5.68. The van der Waals surface area contributed by atoms with Crippen LogP contribution in [-0.4, -0.2) is 24.3 Å². The van der Waals surface area contributed by atoms with E-state index in [9.17, 15) is 9.59 Å². The molecule has 0 saturated heterocycles. The molecule has 0 saturated carbocycles. The summed E-state index contributed by atoms with van der Waals surface area (Å²) in [6, 6.07) is 0. The molecule has 0 aliphatic rings. The monoisotopic (exact) mass is 289 g/mol. The highest BCUT2D eigenvalue weighted by atomic mass is 16.5. The van der Waals surface area contributed by atoms with Crippen molar-refractivity contribution in [1.82, 2.24) is 24.3 Å². The summed E-state index contributed by atoms with van der Waals surface area (Å²) in [7, 11) is 1.71. The van der Waals surface area contributed by atoms with Crippen LogP contribution in [0, 0.1) is 0 Å². The van der Waals surface area contributed by atoms with Crippen molar-refractivity contribution in [3.63, 3.8) is 0 Å². The summed E-state index contributed by atoms with van der Waals surface area (Å²) in [5, 5.41) is 3.75. The lowest BCUT2D eigenvalue weighted by atomic mass is 10.1. The molecule has 0 aliphatic heterocycles. The number of aromatic amines is 1. The van der Waals surface area contributed by atoms with E-state index in [1.54, 1.807) is 11.6 Å². The van der Waals surface area contributed by atoms with Crippen LogP contribution in [0.25, 0.3) is 11.2 Å². The molecular weight excluding hydrogens is 274 g/mol. The fourth-order valence-corrected chi connectivity index (χ4v) is 2.34. The molecule has 0 bridgehead atoms. The van der Waals surface area contributed by atoms with E-state index >= 15 is 0 Å². The summed E-state index contributed by atoms with van der Waals surface area (Å²) in [4.78, 5) is 31.1. The second-order valence-corrected chi connectivity index (χ2v) is 5.24. The number of hydrogen-bond acceptors (Lipinski definition) is 5. The first kappa shape index (κ1) is 13.3. The van der Waals surface area contributed by atoms with Gasteiger partial charge in [0.2, 0.25) is 0 Å². The molecule has 0 amide bonds. The molecule has 0 unspecified atom stereocenters. The highest BCUT2D eigenvalue weighted by Crippen LogP contribution is 2.19. The number of H-pyrrole nitrogens is 1. The first-order chi connectivity index (χ1) is 9.99. The minimum atomic E-state index is -0.498. The number of aryl methyl sites for hydroxylation is 1. The van der Waals surface area contributed by atoms with Crippen molar-refractivity contribution >= 4 is 11.2 Å². The molecule has 110 valence electrons. The average Bonchev–Trinajstić information content (AvgIpc) is 3.01. The van der Waals surface area contributed by atoms with Gasteiger partial charge < -0.3 is 9.09 Å². The Labute approximate surface area is 119 Å². The SMILES string of the molecule is CC(C)c1oncc1Cn1c(=O)[nH]c2ncn(C)c2c1=O. The number of fused-ring (bicyclic) bond motifs is 1. The molecule has 1 N–H and O–H groups in total. The molecule has 21 heavy (non-hydrogen) atoms. The number of aromatic nitrogens is 5. The second-order valence-electron chi connectivity index (χ2n) is 5.24. The Balaban J connectivity index is 2.17. The molecule has 8 heteroatoms. The number of imidazole rings is 1. The Hall–Kier alpha value is -2.64. The van der Waals surface area contributed by atoms with Crippen LogP contribution >= 0.6 is 0 Å². The van der Waals surface area contributed by atoms with Gasteiger partial charge in [0.05, 0.1) is 19.1 Å². The third-order valence-electron chi connectivity index (χ3n) is 3.38. The molecule has 0 radical (unpaired) electrons. The van der Waals surface area contributed by atoms with Crippen molar-refractivity contribution in [2.75, 3.05) is 0 Å². The Morgan fingerprint density at radius 2 is 2.14 bits per heavy atom. The van der Waals surface area contributed by atoms with Crippen LogP contribution in [0.15, 0.2) is 26.6 Å². The fourth-order valence-electron chi connectivity index (χ4n) is 2.34. The maximum Gasteiger partial charge on any atom is 0.330 e. The summed E-state index contributed by atoms with van der Waals surface area (Å²) >= 11 is 0. The molecule has 3 aromatic rings. The third-order valence-corrected chi connectivity index (χ3v) is 3.38. The van der Waals surface area contributed by atoms with Crippen molar-refractivity contribution in [2.45, 2.75) is 26.3 Å². The summed E-state index contributed by atoms with van der Waals surface area (Å²) in [6.07, 6.45) is 3.03. The maximum atomic E-state index is 12.5. The molecule has 3 aromatic heterocycles. The predicted octanol–water partition coefficient (Wildman–Crippen LogP) is 0.583. The van der Waals surface area contributed by atoms with Crippen LogP contribution in [0.3, 0.4) is 0 Å². The van der Waals surface area contributed by atoms with Crippen LogP contribution in [0.5, 0.6) is 0 Å². The molecule has 0 fully saturated rings. The Kier molecular flexibility index (Phi) is 3.00. The smallest absolute Gasteiger partial charge is 0.330 e. The number of hydrogen-bond donors (Lipinski definition) is 1. The summed E-state index contributed by atoms with van der Waals surface area (Å²) < 4.78 is 7.89. The molecule has 8 nitrogen and oxygen atoms in total. The third kappa shape index (κ3) is 2.08. The topological polar surface area (TPSA) is 98.7 Å². The van der Waals surface area contributed by atoms with Gasteiger partial charge in [0.1, 0.15) is 5.76 Å². The number of nitrogens with one attached hydrogen (secondary N) is 1. The van der Waals surface area contributed by atoms with Gasteiger partial charge in [-0.15, -0.1) is 0 Å². The summed E-state index contributed by atoms with van der Waals surface area (Å²) in [5.41, 5.74) is 0.487. The van der Waals surface area contributed by atoms with E-state index < -0.39 is 5.69 Å². The molecule has 3 rings (SSSR count). The largest absolute Gasteiger partial charge is 0.361 e. The van der Waals surface area contributed by atoms with Crippen molar-refractivity contribution < 1.29 is 4.52 Å². The standard InChI is InChI=1S/C13H15N5O3/c1-7(2)10-8(4-15-21-10)5-18-12(19)9-11(16-13(18)20)14-6-17(9)3/h4,6-7H,5H2,1-3H3,(H,16,20). The minimum Gasteiger partial charge on any atom is -0.361 e. The molecule has 0 aliphatic carbocycles. The quantitative estimate of drug-likeness (QED) is 0.760. The Bertz CT molecular complexity index is 912. The van der Waals surface area contributed by atoms with E-state index in [1.807, 2.05) is 13.8 Å². The first-order valence-corrected chi connectivity index (χ1v) is 6.56. The van der Waals surface area contributed by atoms with Crippen molar-refractivity contribution in [3.8, 4) is 0 Å². The maximum absolute atomic E-state index is 12.5. The number of rotatable bonds is 3. The van der Waals surface area contributed by atoms with E-state index in [-0.39, 0.29) is 23.7 Å². The van der Waals surface area contributed by atoms with Crippen LogP contribution < -0.4 is 11.2 Å². The van der Waals surface area contributed by atoms with Gasteiger partial charge in [-0.3, -0.25) is 14.3 Å². The van der Waals surface area contributed by atoms with Gasteiger partial charge in [-0.05, 0) is 0 Å². The van der Waals surface area contributed by atoms with Gasteiger partial charge in [-0.2, -0.15) is 0 Å². The van der Waals surface area contributed by atoms with E-state index in [2.05, 4.69) is 15.1 Å². The van der Waals surface area contributed by atoms with Gasteiger partial charge in [0.15, 0.2) is 11.2 Å². The Morgan fingerprint density at radius 3 is 2.86 bits per heavy atom. The zero-order chi connectivity index (χ0) is 15.1. The zero-order valence-corrected chi connectivity index (χ0v) is 12.0. The molecular formula is C13H15N5O3.